The van der Waals surface area contributed by atoms with Crippen molar-refractivity contribution in [3.05, 3.63) is 22.4 Å². The lowest BCUT2D eigenvalue weighted by atomic mass is 9.93. The summed E-state index contributed by atoms with van der Waals surface area (Å²) in [6, 6.07) is 2.05. The molecule has 0 bridgehead atoms. The van der Waals surface area contributed by atoms with E-state index in [0.29, 0.717) is 5.92 Å². The molecule has 0 fully saturated rings. The van der Waals surface area contributed by atoms with Gasteiger partial charge in [-0.3, -0.25) is 0 Å². The van der Waals surface area contributed by atoms with Crippen LogP contribution in [0.15, 0.2) is 16.8 Å². The van der Waals surface area contributed by atoms with Crippen molar-refractivity contribution >= 4 is 11.3 Å². The monoisotopic (exact) mass is 227 g/mol. The maximum Gasteiger partial charge on any atom is 0.0696 e. The fraction of sp³-hybridized carbons (Fsp3) is 0.667. The number of hydrogen-bond donors (Lipinski definition) is 2. The Morgan fingerprint density at radius 2 is 2.27 bits per heavy atom. The van der Waals surface area contributed by atoms with Gasteiger partial charge in [-0.1, -0.05) is 20.3 Å². The molecule has 0 saturated heterocycles. The van der Waals surface area contributed by atoms with Crippen LogP contribution in [0, 0.1) is 0 Å². The molecule has 0 radical (unpaired) electrons. The average Bonchev–Trinajstić information content (AvgIpc) is 2.70. The van der Waals surface area contributed by atoms with Crippen LogP contribution >= 0.6 is 11.3 Å². The minimum absolute atomic E-state index is 0.0731. The summed E-state index contributed by atoms with van der Waals surface area (Å²) in [5.74, 6) is 0.397. The quantitative estimate of drug-likeness (QED) is 0.785. The molecular formula is C12H21NOS. The molecule has 0 amide bonds. The van der Waals surface area contributed by atoms with Gasteiger partial charge in [0, 0.05) is 6.04 Å². The summed E-state index contributed by atoms with van der Waals surface area (Å²) in [6.45, 7) is 4.23. The highest BCUT2D eigenvalue weighted by molar-refractivity contribution is 7.07. The topological polar surface area (TPSA) is 46.2 Å². The number of thiophene rings is 1. The van der Waals surface area contributed by atoms with Crippen LogP contribution in [0.3, 0.4) is 0 Å². The molecule has 0 aliphatic heterocycles. The van der Waals surface area contributed by atoms with Crippen molar-refractivity contribution in [1.82, 2.24) is 0 Å². The summed E-state index contributed by atoms with van der Waals surface area (Å²) < 4.78 is 0. The molecule has 3 atom stereocenters. The van der Waals surface area contributed by atoms with Crippen molar-refractivity contribution in [2.75, 3.05) is 0 Å². The van der Waals surface area contributed by atoms with Gasteiger partial charge in [-0.2, -0.15) is 11.3 Å². The predicted octanol–water partition coefficient (Wildman–Crippen LogP) is 2.73. The Kier molecular flexibility index (Phi) is 5.29. The van der Waals surface area contributed by atoms with Crippen LogP contribution in [-0.2, 0) is 0 Å². The number of hydrogen-bond acceptors (Lipinski definition) is 3. The van der Waals surface area contributed by atoms with Crippen LogP contribution in [0.1, 0.15) is 44.6 Å². The van der Waals surface area contributed by atoms with E-state index in [0.717, 1.165) is 19.3 Å². The molecule has 3 unspecified atom stereocenters. The van der Waals surface area contributed by atoms with Gasteiger partial charge in [-0.05, 0) is 41.1 Å². The molecule has 86 valence electrons. The van der Waals surface area contributed by atoms with Crippen molar-refractivity contribution in [2.45, 2.75) is 51.2 Å². The van der Waals surface area contributed by atoms with Crippen LogP contribution < -0.4 is 5.73 Å². The largest absolute Gasteiger partial charge is 0.391 e. The molecule has 0 aliphatic rings. The Morgan fingerprint density at radius 3 is 2.80 bits per heavy atom. The normalized spacial score (nSPS) is 17.3. The molecule has 1 heterocycles. The molecular weight excluding hydrogens is 206 g/mol. The van der Waals surface area contributed by atoms with Gasteiger partial charge in [0.25, 0.3) is 0 Å². The molecule has 2 nitrogen and oxygen atoms in total. The lowest BCUT2D eigenvalue weighted by Crippen LogP contribution is -2.35. The molecule has 0 aliphatic carbocycles. The van der Waals surface area contributed by atoms with Crippen LogP contribution in [0.5, 0.6) is 0 Å². The average molecular weight is 227 g/mol. The number of nitrogens with two attached hydrogens (primary N) is 1. The van der Waals surface area contributed by atoms with Crippen molar-refractivity contribution < 1.29 is 5.11 Å². The molecule has 1 rings (SSSR count). The number of rotatable bonds is 6. The van der Waals surface area contributed by atoms with E-state index in [1.807, 2.05) is 0 Å². The van der Waals surface area contributed by atoms with E-state index in [9.17, 15) is 5.11 Å². The molecule has 3 heteroatoms. The van der Waals surface area contributed by atoms with E-state index < -0.39 is 0 Å². The molecule has 0 saturated carbocycles. The Hall–Kier alpha value is -0.380. The fourth-order valence-electron chi connectivity index (χ4n) is 1.75. The Morgan fingerprint density at radius 1 is 1.53 bits per heavy atom. The second-order valence-electron chi connectivity index (χ2n) is 4.21. The van der Waals surface area contributed by atoms with E-state index in [1.165, 1.54) is 5.56 Å². The number of aliphatic hydroxyl groups excluding tert-OH is 1. The van der Waals surface area contributed by atoms with Crippen molar-refractivity contribution in [3.8, 4) is 0 Å². The van der Waals surface area contributed by atoms with Crippen molar-refractivity contribution in [1.29, 1.82) is 0 Å². The standard InChI is InChI=1S/C12H21NOS/c1-3-4-11(13)12(14)7-9(2)10-5-6-15-8-10/h5-6,8-9,11-12,14H,3-4,7,13H2,1-2H3. The van der Waals surface area contributed by atoms with Crippen LogP contribution in [0.2, 0.25) is 0 Å². The Bertz CT molecular complexity index is 261. The Labute approximate surface area is 96.1 Å². The van der Waals surface area contributed by atoms with E-state index in [-0.39, 0.29) is 12.1 Å². The van der Waals surface area contributed by atoms with Gasteiger partial charge in [-0.15, -0.1) is 0 Å². The summed E-state index contributed by atoms with van der Waals surface area (Å²) in [5, 5.41) is 14.1. The zero-order chi connectivity index (χ0) is 11.3. The molecule has 0 spiro atoms. The van der Waals surface area contributed by atoms with Gasteiger partial charge in [0.2, 0.25) is 0 Å². The maximum absolute atomic E-state index is 9.90. The summed E-state index contributed by atoms with van der Waals surface area (Å²) in [7, 11) is 0. The summed E-state index contributed by atoms with van der Waals surface area (Å²) in [6.07, 6.45) is 2.32. The van der Waals surface area contributed by atoms with Crippen molar-refractivity contribution in [3.63, 3.8) is 0 Å². The summed E-state index contributed by atoms with van der Waals surface area (Å²) in [4.78, 5) is 0. The van der Waals surface area contributed by atoms with E-state index >= 15 is 0 Å². The van der Waals surface area contributed by atoms with Crippen LogP contribution in [-0.4, -0.2) is 17.3 Å². The fourth-order valence-corrected chi connectivity index (χ4v) is 2.54. The van der Waals surface area contributed by atoms with Gasteiger partial charge in [0.1, 0.15) is 0 Å². The number of aliphatic hydroxyl groups is 1. The smallest absolute Gasteiger partial charge is 0.0696 e. The van der Waals surface area contributed by atoms with Crippen molar-refractivity contribution in [2.24, 2.45) is 5.73 Å². The van der Waals surface area contributed by atoms with Crippen LogP contribution in [0.4, 0.5) is 0 Å². The van der Waals surface area contributed by atoms with E-state index in [4.69, 9.17) is 5.73 Å². The molecule has 15 heavy (non-hydrogen) atoms. The zero-order valence-corrected chi connectivity index (χ0v) is 10.3. The predicted molar refractivity (Wildman–Crippen MR) is 66.2 cm³/mol. The summed E-state index contributed by atoms with van der Waals surface area (Å²) >= 11 is 1.70. The van der Waals surface area contributed by atoms with Gasteiger partial charge in [-0.25, -0.2) is 0 Å². The molecule has 3 N–H and O–H groups in total. The lowest BCUT2D eigenvalue weighted by molar-refractivity contribution is 0.124. The first-order chi connectivity index (χ1) is 7.15. The first-order valence-corrected chi connectivity index (χ1v) is 6.55. The third kappa shape index (κ3) is 3.93. The zero-order valence-electron chi connectivity index (χ0n) is 9.52. The second kappa shape index (κ2) is 6.26. The minimum Gasteiger partial charge on any atom is -0.391 e. The second-order valence-corrected chi connectivity index (χ2v) is 4.99. The highest BCUT2D eigenvalue weighted by Gasteiger charge is 2.18. The van der Waals surface area contributed by atoms with Gasteiger partial charge in [0.15, 0.2) is 0 Å². The van der Waals surface area contributed by atoms with E-state index in [2.05, 4.69) is 30.7 Å². The Balaban J connectivity index is 2.40. The molecule has 1 aromatic rings. The van der Waals surface area contributed by atoms with E-state index in [1.54, 1.807) is 11.3 Å². The third-order valence-corrected chi connectivity index (χ3v) is 3.52. The SMILES string of the molecule is CCCC(N)C(O)CC(C)c1ccsc1. The van der Waals surface area contributed by atoms with Crippen LogP contribution in [0.25, 0.3) is 0 Å². The van der Waals surface area contributed by atoms with Gasteiger partial charge in [0.05, 0.1) is 6.10 Å². The van der Waals surface area contributed by atoms with Gasteiger partial charge < -0.3 is 10.8 Å². The van der Waals surface area contributed by atoms with Gasteiger partial charge >= 0.3 is 0 Å². The minimum atomic E-state index is -0.375. The first kappa shape index (κ1) is 12.7. The highest BCUT2D eigenvalue weighted by atomic mass is 32.1. The summed E-state index contributed by atoms with van der Waals surface area (Å²) in [5.41, 5.74) is 7.19. The third-order valence-electron chi connectivity index (χ3n) is 2.82. The lowest BCUT2D eigenvalue weighted by Gasteiger charge is -2.21. The first-order valence-electron chi connectivity index (χ1n) is 5.60. The maximum atomic E-state index is 9.90. The molecule has 1 aromatic heterocycles. The molecule has 0 aromatic carbocycles. The highest BCUT2D eigenvalue weighted by Crippen LogP contribution is 2.23.